The molecule has 6 aromatic rings. The minimum Gasteiger partial charge on any atom is -0.440 e. The molecule has 240 valence electrons. The van der Waals surface area contributed by atoms with Crippen LogP contribution in [0.15, 0.2) is 100 Å². The van der Waals surface area contributed by atoms with Crippen LogP contribution in [0.3, 0.4) is 0 Å². The van der Waals surface area contributed by atoms with Crippen molar-refractivity contribution in [2.75, 3.05) is 36.0 Å². The summed E-state index contributed by atoms with van der Waals surface area (Å²) in [7, 11) is 0. The quantitative estimate of drug-likeness (QED) is 0.201. The van der Waals surface area contributed by atoms with Crippen molar-refractivity contribution in [3.8, 4) is 29.2 Å². The van der Waals surface area contributed by atoms with Gasteiger partial charge in [0.05, 0.1) is 23.0 Å². The van der Waals surface area contributed by atoms with Crippen LogP contribution in [0.4, 0.5) is 15.8 Å². The van der Waals surface area contributed by atoms with Gasteiger partial charge in [-0.25, -0.2) is 14.4 Å². The van der Waals surface area contributed by atoms with Crippen molar-refractivity contribution in [3.63, 3.8) is 0 Å². The van der Waals surface area contributed by atoms with Crippen LogP contribution in [0.25, 0.3) is 23.2 Å². The van der Waals surface area contributed by atoms with Gasteiger partial charge in [-0.3, -0.25) is 9.97 Å². The molecule has 0 aliphatic carbocycles. The van der Waals surface area contributed by atoms with Crippen LogP contribution in [0.5, 0.6) is 0 Å². The van der Waals surface area contributed by atoms with Crippen LogP contribution in [0, 0.1) is 24.1 Å². The predicted octanol–water partition coefficient (Wildman–Crippen LogP) is 7.00. The Morgan fingerprint density at radius 2 is 1.25 bits per heavy atom. The smallest absolute Gasteiger partial charge is 0.245 e. The zero-order valence-electron chi connectivity index (χ0n) is 26.6. The van der Waals surface area contributed by atoms with E-state index in [1.807, 2.05) is 73.7 Å². The Morgan fingerprint density at radius 3 is 1.79 bits per heavy atom. The maximum absolute atomic E-state index is 13.7. The van der Waals surface area contributed by atoms with E-state index in [9.17, 15) is 4.39 Å². The van der Waals surface area contributed by atoms with Gasteiger partial charge in [0.1, 0.15) is 28.7 Å². The van der Waals surface area contributed by atoms with E-state index in [2.05, 4.69) is 35.8 Å². The van der Waals surface area contributed by atoms with Crippen molar-refractivity contribution in [3.05, 3.63) is 131 Å². The topological polar surface area (TPSA) is 108 Å². The second kappa shape index (κ2) is 13.9. The number of aryl methyl sites for hydroxylation is 1. The van der Waals surface area contributed by atoms with Crippen LogP contribution in [-0.4, -0.2) is 46.1 Å². The molecule has 0 unspecified atom stereocenters. The number of hydrogen-bond acceptors (Lipinski definition) is 9. The highest BCUT2D eigenvalue weighted by atomic mass is 19.1. The molecule has 0 fully saturated rings. The number of benzene rings is 2. The van der Waals surface area contributed by atoms with Gasteiger partial charge in [0.25, 0.3) is 0 Å². The zero-order valence-corrected chi connectivity index (χ0v) is 26.6. The summed E-state index contributed by atoms with van der Waals surface area (Å²) in [5.74, 6) is 2.83. The van der Waals surface area contributed by atoms with E-state index in [4.69, 9.17) is 14.1 Å². The number of nitrogens with zero attached hydrogens (tertiary/aromatic N) is 7. The summed E-state index contributed by atoms with van der Waals surface area (Å²) in [5.41, 5.74) is 7.12. The molecule has 0 atom stereocenters. The molecule has 2 aliphatic heterocycles. The monoisotopic (exact) mass is 639 g/mol. The van der Waals surface area contributed by atoms with E-state index in [1.54, 1.807) is 24.5 Å². The Balaban J connectivity index is 0.000000152. The normalized spacial score (nSPS) is 14.1. The lowest BCUT2D eigenvalue weighted by Gasteiger charge is -2.23. The number of fused-ring (bicyclic) bond motifs is 2. The van der Waals surface area contributed by atoms with Gasteiger partial charge >= 0.3 is 0 Å². The lowest BCUT2D eigenvalue weighted by atomic mass is 10.2. The maximum atomic E-state index is 13.7. The summed E-state index contributed by atoms with van der Waals surface area (Å²) in [6.07, 6.45) is 6.63. The number of pyridine rings is 2. The van der Waals surface area contributed by atoms with Gasteiger partial charge in [0.15, 0.2) is 0 Å². The highest BCUT2D eigenvalue weighted by Gasteiger charge is 2.23. The fourth-order valence-corrected chi connectivity index (χ4v) is 6.11. The van der Waals surface area contributed by atoms with E-state index in [0.717, 1.165) is 103 Å². The average molecular weight is 640 g/mol. The second-order valence-electron chi connectivity index (χ2n) is 11.8. The van der Waals surface area contributed by atoms with Gasteiger partial charge < -0.3 is 18.6 Å². The Morgan fingerprint density at radius 1 is 0.667 bits per heavy atom. The number of rotatable bonds is 4. The van der Waals surface area contributed by atoms with E-state index in [-0.39, 0.29) is 5.82 Å². The highest BCUT2D eigenvalue weighted by molar-refractivity contribution is 5.53. The van der Waals surface area contributed by atoms with Crippen LogP contribution in [0.2, 0.25) is 0 Å². The van der Waals surface area contributed by atoms with Gasteiger partial charge in [0.2, 0.25) is 11.8 Å². The average Bonchev–Trinajstić information content (AvgIpc) is 3.60. The fraction of sp³-hybridized carbons (Fsp3) is 0.237. The van der Waals surface area contributed by atoms with Crippen LogP contribution >= 0.6 is 0 Å². The minimum absolute atomic E-state index is 0.193. The molecule has 48 heavy (non-hydrogen) atoms. The molecule has 2 aromatic carbocycles. The van der Waals surface area contributed by atoms with Crippen LogP contribution < -0.4 is 9.80 Å². The number of oxazole rings is 2. The molecular weight excluding hydrogens is 605 g/mol. The fourth-order valence-electron chi connectivity index (χ4n) is 6.11. The van der Waals surface area contributed by atoms with Gasteiger partial charge in [-0.2, -0.15) is 5.26 Å². The molecular formula is C38H34FN7O2. The molecule has 0 saturated carbocycles. The van der Waals surface area contributed by atoms with Gasteiger partial charge in [-0.1, -0.05) is 18.2 Å². The number of nitriles is 1. The molecule has 0 bridgehead atoms. The van der Waals surface area contributed by atoms with Crippen molar-refractivity contribution in [2.45, 2.75) is 32.6 Å². The molecule has 6 heterocycles. The van der Waals surface area contributed by atoms with E-state index < -0.39 is 0 Å². The van der Waals surface area contributed by atoms with Gasteiger partial charge in [-0.05, 0) is 73.2 Å². The molecule has 0 N–H and O–H groups in total. The van der Waals surface area contributed by atoms with Gasteiger partial charge in [0, 0.05) is 75.6 Å². The number of aromatic nitrogens is 4. The summed E-state index contributed by atoms with van der Waals surface area (Å²) in [6.45, 7) is 5.20. The van der Waals surface area contributed by atoms with E-state index in [0.29, 0.717) is 17.3 Å². The van der Waals surface area contributed by atoms with E-state index in [1.165, 1.54) is 0 Å². The summed E-state index contributed by atoms with van der Waals surface area (Å²) >= 11 is 0. The van der Waals surface area contributed by atoms with Crippen molar-refractivity contribution in [1.82, 2.24) is 19.9 Å². The maximum Gasteiger partial charge on any atom is 0.245 e. The molecule has 0 amide bonds. The standard InChI is InChI=1S/C19H18FN3O.C19H16N4O/c1-13-10-14(20)12-15(11-13)23-8-5-16-18(6-9-23)24-19(22-16)17-4-2-3-7-21-17;20-13-14-4-3-5-15(12-14)23-10-7-16-18(8-11-23)24-19(22-16)17-6-1-2-9-21-17/h2-4,7,10-12H,5-6,8-9H2,1H3;1-6,9,12H,7-8,10-11H2. The first-order valence-corrected chi connectivity index (χ1v) is 16.1. The van der Waals surface area contributed by atoms with Crippen molar-refractivity contribution in [1.29, 1.82) is 5.26 Å². The predicted molar refractivity (Wildman–Crippen MR) is 181 cm³/mol. The first-order valence-electron chi connectivity index (χ1n) is 16.1. The number of anilines is 2. The Hall–Kier alpha value is -5.82. The first-order chi connectivity index (χ1) is 23.5. The third-order valence-corrected chi connectivity index (χ3v) is 8.51. The largest absolute Gasteiger partial charge is 0.440 e. The molecule has 0 saturated heterocycles. The third kappa shape index (κ3) is 6.95. The van der Waals surface area contributed by atoms with Crippen molar-refractivity contribution in [2.24, 2.45) is 0 Å². The SMILES string of the molecule is Cc1cc(F)cc(N2CCc3nc(-c4ccccn4)oc3CC2)c1.N#Cc1cccc(N2CCc3nc(-c4ccccn4)oc3CC2)c1. The Labute approximate surface area is 278 Å². The lowest BCUT2D eigenvalue weighted by molar-refractivity contribution is 0.515. The third-order valence-electron chi connectivity index (χ3n) is 8.51. The van der Waals surface area contributed by atoms with Crippen LogP contribution in [0.1, 0.15) is 34.0 Å². The first kappa shape index (κ1) is 30.8. The van der Waals surface area contributed by atoms with Gasteiger partial charge in [-0.15, -0.1) is 0 Å². The molecule has 2 aliphatic rings. The van der Waals surface area contributed by atoms with Crippen LogP contribution in [-0.2, 0) is 25.7 Å². The molecule has 9 nitrogen and oxygen atoms in total. The summed E-state index contributed by atoms with van der Waals surface area (Å²) in [4.78, 5) is 22.3. The summed E-state index contributed by atoms with van der Waals surface area (Å²) in [5, 5.41) is 9.06. The minimum atomic E-state index is -0.193. The van der Waals surface area contributed by atoms with Crippen molar-refractivity contribution >= 4 is 11.4 Å². The Bertz CT molecular complexity index is 1980. The number of halogens is 1. The summed E-state index contributed by atoms with van der Waals surface area (Å²) in [6, 6.07) is 26.5. The second-order valence-corrected chi connectivity index (χ2v) is 11.8. The van der Waals surface area contributed by atoms with Crippen molar-refractivity contribution < 1.29 is 13.2 Å². The molecule has 0 radical (unpaired) electrons. The highest BCUT2D eigenvalue weighted by Crippen LogP contribution is 2.28. The molecule has 10 heteroatoms. The Kier molecular flexibility index (Phi) is 8.92. The molecule has 8 rings (SSSR count). The summed E-state index contributed by atoms with van der Waals surface area (Å²) < 4.78 is 25.5. The zero-order chi connectivity index (χ0) is 32.9. The molecule has 0 spiro atoms. The molecule has 4 aromatic heterocycles. The number of hydrogen-bond donors (Lipinski definition) is 0. The van der Waals surface area contributed by atoms with E-state index >= 15 is 0 Å². The lowest BCUT2D eigenvalue weighted by Crippen LogP contribution is -2.26.